The lowest BCUT2D eigenvalue weighted by Crippen LogP contribution is -2.10. The molecule has 1 aromatic rings. The fourth-order valence-corrected chi connectivity index (χ4v) is 1.37. The largest absolute Gasteiger partial charge is 0.508 e. The van der Waals surface area contributed by atoms with Crippen LogP contribution in [0.3, 0.4) is 0 Å². The second-order valence-electron chi connectivity index (χ2n) is 3.81. The lowest BCUT2D eigenvalue weighted by Gasteiger charge is -2.10. The van der Waals surface area contributed by atoms with Gasteiger partial charge in [-0.25, -0.2) is 0 Å². The first-order valence-corrected chi connectivity index (χ1v) is 5.04. The maximum atomic E-state index is 11.2. The Morgan fingerprint density at radius 3 is 2.81 bits per heavy atom. The quantitative estimate of drug-likeness (QED) is 0.765. The highest BCUT2D eigenvalue weighted by Crippen LogP contribution is 2.28. The lowest BCUT2D eigenvalue weighted by atomic mass is 10.0. The van der Waals surface area contributed by atoms with Crippen LogP contribution in [0, 0.1) is 11.3 Å². The van der Waals surface area contributed by atoms with E-state index in [9.17, 15) is 9.90 Å². The number of anilines is 1. The topological polar surface area (TPSA) is 73.1 Å². The number of aromatic hydroxyl groups is 1. The van der Waals surface area contributed by atoms with Crippen molar-refractivity contribution in [3.8, 4) is 11.8 Å². The predicted octanol–water partition coefficient (Wildman–Crippen LogP) is 2.37. The molecule has 2 N–H and O–H groups in total. The minimum absolute atomic E-state index is 0.169. The monoisotopic (exact) mass is 218 g/mol. The van der Waals surface area contributed by atoms with Gasteiger partial charge in [0.2, 0.25) is 5.91 Å². The molecular weight excluding hydrogens is 204 g/mol. The van der Waals surface area contributed by atoms with E-state index in [0.29, 0.717) is 5.69 Å². The van der Waals surface area contributed by atoms with Crippen molar-refractivity contribution in [3.63, 3.8) is 0 Å². The molecule has 0 saturated heterocycles. The number of carbonyl (C=O) groups excluding carboxylic acids is 1. The van der Waals surface area contributed by atoms with Gasteiger partial charge in [0.05, 0.1) is 6.07 Å². The zero-order valence-corrected chi connectivity index (χ0v) is 9.32. The number of benzene rings is 1. The molecule has 16 heavy (non-hydrogen) atoms. The number of rotatable bonds is 3. The van der Waals surface area contributed by atoms with E-state index in [0.717, 1.165) is 5.56 Å². The number of carbonyl (C=O) groups is 1. The van der Waals surface area contributed by atoms with Gasteiger partial charge in [0, 0.05) is 5.69 Å². The standard InChI is InChI=1S/C12H14N2O2/c1-8(2)10-7-9(3-4-11(10)15)14-12(16)5-6-13/h3-4,7-8,15H,5H2,1-2H3,(H,14,16). The number of phenolic OH excluding ortho intramolecular Hbond substituents is 1. The highest BCUT2D eigenvalue weighted by molar-refractivity contribution is 5.92. The van der Waals surface area contributed by atoms with Crippen LogP contribution < -0.4 is 5.32 Å². The Bertz CT molecular complexity index is 433. The molecule has 0 heterocycles. The number of nitriles is 1. The third kappa shape index (κ3) is 2.99. The molecule has 0 unspecified atom stereocenters. The molecule has 4 nitrogen and oxygen atoms in total. The molecule has 0 aliphatic rings. The summed E-state index contributed by atoms with van der Waals surface area (Å²) in [5.41, 5.74) is 1.37. The molecular formula is C12H14N2O2. The molecule has 0 aliphatic carbocycles. The molecule has 1 aromatic carbocycles. The van der Waals surface area contributed by atoms with E-state index in [2.05, 4.69) is 5.32 Å². The van der Waals surface area contributed by atoms with Crippen molar-refractivity contribution >= 4 is 11.6 Å². The molecule has 0 saturated carbocycles. The van der Waals surface area contributed by atoms with Gasteiger partial charge in [-0.3, -0.25) is 4.79 Å². The molecule has 4 heteroatoms. The summed E-state index contributed by atoms with van der Waals surface area (Å²) in [4.78, 5) is 11.2. The molecule has 1 rings (SSSR count). The van der Waals surface area contributed by atoms with Crippen LogP contribution in [0.4, 0.5) is 5.69 Å². The van der Waals surface area contributed by atoms with E-state index in [-0.39, 0.29) is 24.0 Å². The first-order valence-electron chi connectivity index (χ1n) is 5.04. The Balaban J connectivity index is 2.87. The van der Waals surface area contributed by atoms with Crippen LogP contribution in [-0.2, 0) is 4.79 Å². The van der Waals surface area contributed by atoms with Crippen molar-refractivity contribution in [2.75, 3.05) is 5.32 Å². The molecule has 0 radical (unpaired) electrons. The Kier molecular flexibility index (Phi) is 3.90. The van der Waals surface area contributed by atoms with E-state index < -0.39 is 0 Å². The smallest absolute Gasteiger partial charge is 0.238 e. The highest BCUT2D eigenvalue weighted by Gasteiger charge is 2.08. The lowest BCUT2D eigenvalue weighted by molar-refractivity contribution is -0.115. The Morgan fingerprint density at radius 1 is 1.56 bits per heavy atom. The van der Waals surface area contributed by atoms with Crippen LogP contribution in [-0.4, -0.2) is 11.0 Å². The molecule has 0 bridgehead atoms. The van der Waals surface area contributed by atoms with Gasteiger partial charge < -0.3 is 10.4 Å². The fraction of sp³-hybridized carbons (Fsp3) is 0.333. The molecule has 0 fully saturated rings. The summed E-state index contributed by atoms with van der Waals surface area (Å²) in [7, 11) is 0. The van der Waals surface area contributed by atoms with Crippen LogP contribution >= 0.6 is 0 Å². The molecule has 84 valence electrons. The second kappa shape index (κ2) is 5.17. The van der Waals surface area contributed by atoms with Gasteiger partial charge >= 0.3 is 0 Å². The number of hydrogen-bond donors (Lipinski definition) is 2. The van der Waals surface area contributed by atoms with E-state index in [4.69, 9.17) is 5.26 Å². The van der Waals surface area contributed by atoms with E-state index in [1.54, 1.807) is 18.2 Å². The van der Waals surface area contributed by atoms with E-state index in [1.807, 2.05) is 13.8 Å². The van der Waals surface area contributed by atoms with Gasteiger partial charge in [-0.2, -0.15) is 5.26 Å². The fourth-order valence-electron chi connectivity index (χ4n) is 1.37. The number of hydrogen-bond acceptors (Lipinski definition) is 3. The normalized spacial score (nSPS) is 9.88. The third-order valence-corrected chi connectivity index (χ3v) is 2.17. The van der Waals surface area contributed by atoms with Crippen molar-refractivity contribution in [1.29, 1.82) is 5.26 Å². The molecule has 0 atom stereocenters. The van der Waals surface area contributed by atoms with Crippen LogP contribution in [0.25, 0.3) is 0 Å². The minimum Gasteiger partial charge on any atom is -0.508 e. The van der Waals surface area contributed by atoms with Crippen molar-refractivity contribution < 1.29 is 9.90 Å². The molecule has 1 amide bonds. The minimum atomic E-state index is -0.345. The van der Waals surface area contributed by atoms with Crippen LogP contribution in [0.2, 0.25) is 0 Å². The van der Waals surface area contributed by atoms with Gasteiger partial charge in [-0.1, -0.05) is 13.8 Å². The summed E-state index contributed by atoms with van der Waals surface area (Å²) >= 11 is 0. The van der Waals surface area contributed by atoms with Gasteiger partial charge in [0.25, 0.3) is 0 Å². The Morgan fingerprint density at radius 2 is 2.25 bits per heavy atom. The highest BCUT2D eigenvalue weighted by atomic mass is 16.3. The average molecular weight is 218 g/mol. The van der Waals surface area contributed by atoms with Gasteiger partial charge in [0.1, 0.15) is 12.2 Å². The number of amides is 1. The summed E-state index contributed by atoms with van der Waals surface area (Å²) in [6.45, 7) is 3.91. The molecule has 0 spiro atoms. The predicted molar refractivity (Wildman–Crippen MR) is 61.1 cm³/mol. The summed E-state index contributed by atoms with van der Waals surface area (Å²) in [5.74, 6) is 0.0454. The maximum Gasteiger partial charge on any atom is 0.238 e. The summed E-state index contributed by atoms with van der Waals surface area (Å²) in [6, 6.07) is 6.64. The van der Waals surface area contributed by atoms with Crippen LogP contribution in [0.1, 0.15) is 31.7 Å². The van der Waals surface area contributed by atoms with Crippen LogP contribution in [0.15, 0.2) is 18.2 Å². The van der Waals surface area contributed by atoms with Crippen molar-refractivity contribution in [3.05, 3.63) is 23.8 Å². The number of nitrogens with zero attached hydrogens (tertiary/aromatic N) is 1. The molecule has 0 aliphatic heterocycles. The SMILES string of the molecule is CC(C)c1cc(NC(=O)CC#N)ccc1O. The zero-order chi connectivity index (χ0) is 12.1. The summed E-state index contributed by atoms with van der Waals surface area (Å²) in [5, 5.41) is 20.5. The van der Waals surface area contributed by atoms with Crippen molar-refractivity contribution in [1.82, 2.24) is 0 Å². The van der Waals surface area contributed by atoms with Gasteiger partial charge in [0.15, 0.2) is 0 Å². The second-order valence-corrected chi connectivity index (χ2v) is 3.81. The Labute approximate surface area is 94.5 Å². The van der Waals surface area contributed by atoms with E-state index in [1.165, 1.54) is 6.07 Å². The van der Waals surface area contributed by atoms with Crippen molar-refractivity contribution in [2.24, 2.45) is 0 Å². The number of nitrogens with one attached hydrogen (secondary N) is 1. The Hall–Kier alpha value is -2.02. The third-order valence-electron chi connectivity index (χ3n) is 2.17. The van der Waals surface area contributed by atoms with E-state index >= 15 is 0 Å². The number of phenols is 1. The summed E-state index contributed by atoms with van der Waals surface area (Å²) < 4.78 is 0. The van der Waals surface area contributed by atoms with Crippen LogP contribution in [0.5, 0.6) is 5.75 Å². The first-order chi connectivity index (χ1) is 7.54. The molecule has 0 aromatic heterocycles. The maximum absolute atomic E-state index is 11.2. The zero-order valence-electron chi connectivity index (χ0n) is 9.32. The van der Waals surface area contributed by atoms with Gasteiger partial charge in [-0.15, -0.1) is 0 Å². The summed E-state index contributed by atoms with van der Waals surface area (Å²) in [6.07, 6.45) is -0.169. The first kappa shape index (κ1) is 12.1. The van der Waals surface area contributed by atoms with Gasteiger partial charge in [-0.05, 0) is 29.7 Å². The average Bonchev–Trinajstić information content (AvgIpc) is 2.21. The van der Waals surface area contributed by atoms with Crippen molar-refractivity contribution in [2.45, 2.75) is 26.2 Å².